The number of rotatable bonds is 3. The van der Waals surface area contributed by atoms with E-state index in [2.05, 4.69) is 0 Å². The van der Waals surface area contributed by atoms with Crippen LogP contribution in [0.15, 0.2) is 30.3 Å². The summed E-state index contributed by atoms with van der Waals surface area (Å²) in [5, 5.41) is 20.4. The molecule has 5 heteroatoms. The van der Waals surface area contributed by atoms with Gasteiger partial charge in [-0.3, -0.25) is 0 Å². The van der Waals surface area contributed by atoms with Crippen molar-refractivity contribution in [3.8, 4) is 11.5 Å². The highest BCUT2D eigenvalue weighted by molar-refractivity contribution is 6.70. The SMILES string of the molecule is C[Si](C)(C)Oc1cc(C(=O)O)c(O)c2ccccc12. The molecule has 0 atom stereocenters. The molecule has 0 saturated heterocycles. The molecule has 0 spiro atoms. The van der Waals surface area contributed by atoms with E-state index in [0.29, 0.717) is 11.1 Å². The number of carbonyl (C=O) groups is 1. The summed E-state index contributed by atoms with van der Waals surface area (Å²) in [6.45, 7) is 6.07. The van der Waals surface area contributed by atoms with Crippen molar-refractivity contribution in [2.24, 2.45) is 0 Å². The number of carboxylic acids is 1. The average molecular weight is 276 g/mol. The first kappa shape index (κ1) is 13.4. The summed E-state index contributed by atoms with van der Waals surface area (Å²) in [5.41, 5.74) is -0.132. The van der Waals surface area contributed by atoms with Crippen molar-refractivity contribution < 1.29 is 19.4 Å². The Morgan fingerprint density at radius 3 is 2.26 bits per heavy atom. The Bertz CT molecular complexity index is 644. The number of aromatic hydroxyl groups is 1. The minimum Gasteiger partial charge on any atom is -0.544 e. The zero-order valence-corrected chi connectivity index (χ0v) is 12.1. The van der Waals surface area contributed by atoms with Gasteiger partial charge in [0.05, 0.1) is 0 Å². The lowest BCUT2D eigenvalue weighted by atomic mass is 10.0. The summed E-state index contributed by atoms with van der Waals surface area (Å²) in [5.74, 6) is -0.861. The monoisotopic (exact) mass is 276 g/mol. The van der Waals surface area contributed by atoms with Gasteiger partial charge >= 0.3 is 5.97 Å². The van der Waals surface area contributed by atoms with Crippen LogP contribution in [0.2, 0.25) is 19.6 Å². The quantitative estimate of drug-likeness (QED) is 0.842. The number of phenols is 1. The van der Waals surface area contributed by atoms with Gasteiger partial charge in [0.15, 0.2) is 0 Å². The van der Waals surface area contributed by atoms with Gasteiger partial charge in [-0.25, -0.2) is 4.79 Å². The molecule has 2 aromatic rings. The Morgan fingerprint density at radius 2 is 1.74 bits per heavy atom. The molecule has 0 bridgehead atoms. The summed E-state index contributed by atoms with van der Waals surface area (Å²) in [6.07, 6.45) is 0. The van der Waals surface area contributed by atoms with E-state index in [1.54, 1.807) is 12.1 Å². The van der Waals surface area contributed by atoms with Crippen LogP contribution in [-0.2, 0) is 0 Å². The van der Waals surface area contributed by atoms with E-state index < -0.39 is 14.3 Å². The number of benzene rings is 2. The molecule has 0 fully saturated rings. The second kappa shape index (κ2) is 4.58. The Labute approximate surface area is 112 Å². The molecular weight excluding hydrogens is 260 g/mol. The lowest BCUT2D eigenvalue weighted by Gasteiger charge is -2.21. The van der Waals surface area contributed by atoms with Crippen LogP contribution in [0.4, 0.5) is 0 Å². The van der Waals surface area contributed by atoms with Gasteiger partial charge in [0.2, 0.25) is 8.32 Å². The summed E-state index contributed by atoms with van der Waals surface area (Å²) >= 11 is 0. The van der Waals surface area contributed by atoms with Gasteiger partial charge < -0.3 is 14.6 Å². The molecule has 0 aliphatic carbocycles. The van der Waals surface area contributed by atoms with Crippen molar-refractivity contribution in [3.05, 3.63) is 35.9 Å². The highest BCUT2D eigenvalue weighted by Gasteiger charge is 2.21. The topological polar surface area (TPSA) is 66.8 Å². The van der Waals surface area contributed by atoms with Crippen LogP contribution in [0.25, 0.3) is 10.8 Å². The third kappa shape index (κ3) is 2.71. The van der Waals surface area contributed by atoms with E-state index in [0.717, 1.165) is 5.39 Å². The van der Waals surface area contributed by atoms with Crippen LogP contribution in [0.3, 0.4) is 0 Å². The Hall–Kier alpha value is -2.01. The van der Waals surface area contributed by atoms with E-state index >= 15 is 0 Å². The first-order valence-corrected chi connectivity index (χ1v) is 9.37. The van der Waals surface area contributed by atoms with Crippen LogP contribution in [0, 0.1) is 0 Å². The van der Waals surface area contributed by atoms with Gasteiger partial charge in [0, 0.05) is 10.8 Å². The molecule has 19 heavy (non-hydrogen) atoms. The van der Waals surface area contributed by atoms with E-state index in [4.69, 9.17) is 9.53 Å². The van der Waals surface area contributed by atoms with Crippen molar-refractivity contribution in [2.45, 2.75) is 19.6 Å². The first-order chi connectivity index (χ1) is 8.79. The molecule has 0 aliphatic rings. The summed E-state index contributed by atoms with van der Waals surface area (Å²) in [7, 11) is -1.86. The molecule has 0 aromatic heterocycles. The predicted octanol–water partition coefficient (Wildman–Crippen LogP) is 3.46. The largest absolute Gasteiger partial charge is 0.544 e. The van der Waals surface area contributed by atoms with Crippen molar-refractivity contribution >= 4 is 25.1 Å². The number of hydrogen-bond acceptors (Lipinski definition) is 3. The lowest BCUT2D eigenvalue weighted by Crippen LogP contribution is -2.29. The Balaban J connectivity index is 2.75. The standard InChI is InChI=1S/C14H16O4Si/c1-19(2,3)18-12-8-11(14(16)17)13(15)10-7-5-4-6-9(10)12/h4-8,15H,1-3H3,(H,16,17). The van der Waals surface area contributed by atoms with Crippen molar-refractivity contribution in [2.75, 3.05) is 0 Å². The minimum absolute atomic E-state index is 0.132. The van der Waals surface area contributed by atoms with E-state index in [-0.39, 0.29) is 11.3 Å². The third-order valence-corrected chi connectivity index (χ3v) is 3.46. The van der Waals surface area contributed by atoms with Crippen LogP contribution in [0.1, 0.15) is 10.4 Å². The number of fused-ring (bicyclic) bond motifs is 1. The second-order valence-electron chi connectivity index (χ2n) is 5.34. The molecule has 0 radical (unpaired) electrons. The molecular formula is C14H16O4Si. The average Bonchev–Trinajstić information content (AvgIpc) is 2.31. The van der Waals surface area contributed by atoms with Gasteiger partial charge in [0.1, 0.15) is 17.1 Å². The van der Waals surface area contributed by atoms with Crippen LogP contribution in [-0.4, -0.2) is 24.5 Å². The molecule has 0 heterocycles. The van der Waals surface area contributed by atoms with Gasteiger partial charge in [0.25, 0.3) is 0 Å². The zero-order valence-electron chi connectivity index (χ0n) is 11.1. The van der Waals surface area contributed by atoms with Crippen LogP contribution < -0.4 is 4.43 Å². The van der Waals surface area contributed by atoms with Gasteiger partial charge in [-0.15, -0.1) is 0 Å². The van der Waals surface area contributed by atoms with Crippen molar-refractivity contribution in [1.82, 2.24) is 0 Å². The third-order valence-electron chi connectivity index (χ3n) is 2.62. The van der Waals surface area contributed by atoms with Crippen LogP contribution in [0.5, 0.6) is 11.5 Å². The minimum atomic E-state index is -1.86. The molecule has 4 nitrogen and oxygen atoms in total. The molecule has 0 aliphatic heterocycles. The normalized spacial score (nSPS) is 11.5. The van der Waals surface area contributed by atoms with Crippen molar-refractivity contribution in [1.29, 1.82) is 0 Å². The number of aromatic carboxylic acids is 1. The van der Waals surface area contributed by atoms with Gasteiger partial charge in [-0.1, -0.05) is 24.3 Å². The summed E-state index contributed by atoms with van der Waals surface area (Å²) in [6, 6.07) is 8.49. The van der Waals surface area contributed by atoms with Crippen LogP contribution >= 0.6 is 0 Å². The number of carboxylic acid groups (broad SMARTS) is 1. The maximum Gasteiger partial charge on any atom is 0.339 e. The maximum atomic E-state index is 11.2. The smallest absolute Gasteiger partial charge is 0.339 e. The molecule has 2 N–H and O–H groups in total. The number of hydrogen-bond donors (Lipinski definition) is 2. The van der Waals surface area contributed by atoms with E-state index in [1.807, 2.05) is 31.8 Å². The predicted molar refractivity (Wildman–Crippen MR) is 76.5 cm³/mol. The fourth-order valence-corrected chi connectivity index (χ4v) is 2.73. The van der Waals surface area contributed by atoms with Gasteiger partial charge in [-0.05, 0) is 25.7 Å². The first-order valence-electron chi connectivity index (χ1n) is 5.96. The summed E-state index contributed by atoms with van der Waals surface area (Å²) < 4.78 is 5.93. The van der Waals surface area contributed by atoms with Crippen molar-refractivity contribution in [3.63, 3.8) is 0 Å². The molecule has 0 amide bonds. The molecule has 2 rings (SSSR count). The van der Waals surface area contributed by atoms with E-state index in [9.17, 15) is 9.90 Å². The Morgan fingerprint density at radius 1 is 1.16 bits per heavy atom. The van der Waals surface area contributed by atoms with Gasteiger partial charge in [-0.2, -0.15) is 0 Å². The molecule has 2 aromatic carbocycles. The fraction of sp³-hybridized carbons (Fsp3) is 0.214. The second-order valence-corrected chi connectivity index (χ2v) is 9.76. The summed E-state index contributed by atoms with van der Waals surface area (Å²) in [4.78, 5) is 11.2. The molecule has 100 valence electrons. The highest BCUT2D eigenvalue weighted by Crippen LogP contribution is 2.36. The van der Waals surface area contributed by atoms with E-state index in [1.165, 1.54) is 6.07 Å². The Kier molecular flexibility index (Phi) is 3.24. The fourth-order valence-electron chi connectivity index (χ4n) is 1.90. The maximum absolute atomic E-state index is 11.2. The highest BCUT2D eigenvalue weighted by atomic mass is 28.4. The molecule has 0 saturated carbocycles. The zero-order chi connectivity index (χ0) is 14.2. The lowest BCUT2D eigenvalue weighted by molar-refractivity contribution is 0.0693. The molecule has 0 unspecified atom stereocenters.